The van der Waals surface area contributed by atoms with E-state index in [2.05, 4.69) is 36.2 Å². The maximum absolute atomic E-state index is 13.3. The van der Waals surface area contributed by atoms with E-state index in [1.54, 1.807) is 6.08 Å². The van der Waals surface area contributed by atoms with Crippen molar-refractivity contribution >= 4 is 58.2 Å². The van der Waals surface area contributed by atoms with Gasteiger partial charge in [-0.3, -0.25) is 19.8 Å². The summed E-state index contributed by atoms with van der Waals surface area (Å²) in [4.78, 5) is 29.6. The third-order valence-electron chi connectivity index (χ3n) is 5.89. The number of anilines is 2. The highest BCUT2D eigenvalue weighted by molar-refractivity contribution is 7.80. The van der Waals surface area contributed by atoms with Crippen LogP contribution in [0.5, 0.6) is 0 Å². The molecule has 0 aliphatic carbocycles. The fourth-order valence-corrected chi connectivity index (χ4v) is 4.53. The second-order valence-electron chi connectivity index (χ2n) is 8.37. The lowest BCUT2D eigenvalue weighted by atomic mass is 10.0. The second-order valence-corrected chi connectivity index (χ2v) is 9.14. The standard InChI is InChI=1S/C25H26ClN3O2S/c1-16(2)18-5-7-20(8-6-18)29-24(31)21(23(30)27-25(29)32)15-17-4-9-22-19(14-17)10-13-28(22)12-3-11-26/h4-9,14-16H,3,10-13H2,1-2H3,(H,27,30,32)/b21-15+. The summed E-state index contributed by atoms with van der Waals surface area (Å²) >= 11 is 11.1. The maximum atomic E-state index is 13.3. The first-order valence-corrected chi connectivity index (χ1v) is 11.8. The van der Waals surface area contributed by atoms with Crippen LogP contribution < -0.4 is 15.1 Å². The molecule has 2 heterocycles. The van der Waals surface area contributed by atoms with Crippen LogP contribution in [0.4, 0.5) is 11.4 Å². The van der Waals surface area contributed by atoms with Crippen LogP contribution in [-0.2, 0) is 16.0 Å². The zero-order valence-electron chi connectivity index (χ0n) is 18.2. The Bertz CT molecular complexity index is 1090. The van der Waals surface area contributed by atoms with Crippen molar-refractivity contribution in [3.8, 4) is 0 Å². The van der Waals surface area contributed by atoms with Gasteiger partial charge in [0, 0.05) is 24.7 Å². The van der Waals surface area contributed by atoms with Crippen LogP contribution in [0, 0.1) is 0 Å². The molecule has 166 valence electrons. The molecule has 0 bridgehead atoms. The van der Waals surface area contributed by atoms with E-state index < -0.39 is 11.8 Å². The molecule has 2 aromatic carbocycles. The average Bonchev–Trinajstić information content (AvgIpc) is 3.17. The monoisotopic (exact) mass is 467 g/mol. The van der Waals surface area contributed by atoms with Crippen molar-refractivity contribution in [2.75, 3.05) is 28.8 Å². The summed E-state index contributed by atoms with van der Waals surface area (Å²) in [5.74, 6) is 0.139. The number of amides is 2. The van der Waals surface area contributed by atoms with Crippen LogP contribution in [0.3, 0.4) is 0 Å². The summed E-state index contributed by atoms with van der Waals surface area (Å²) in [6, 6.07) is 13.7. The Labute approximate surface area is 199 Å². The van der Waals surface area contributed by atoms with Crippen molar-refractivity contribution in [3.63, 3.8) is 0 Å². The summed E-state index contributed by atoms with van der Waals surface area (Å²) in [6.07, 6.45) is 3.53. The smallest absolute Gasteiger partial charge is 0.270 e. The van der Waals surface area contributed by atoms with Gasteiger partial charge in [-0.15, -0.1) is 11.6 Å². The highest BCUT2D eigenvalue weighted by Gasteiger charge is 2.34. The quantitative estimate of drug-likeness (QED) is 0.291. The van der Waals surface area contributed by atoms with E-state index in [9.17, 15) is 9.59 Å². The maximum Gasteiger partial charge on any atom is 0.270 e. The lowest BCUT2D eigenvalue weighted by Gasteiger charge is -2.29. The van der Waals surface area contributed by atoms with Crippen molar-refractivity contribution < 1.29 is 9.59 Å². The first kappa shape index (κ1) is 22.5. The van der Waals surface area contributed by atoms with Gasteiger partial charge in [-0.2, -0.15) is 0 Å². The van der Waals surface area contributed by atoms with Crippen LogP contribution in [0.2, 0.25) is 0 Å². The Morgan fingerprint density at radius 1 is 1.16 bits per heavy atom. The Morgan fingerprint density at radius 2 is 1.91 bits per heavy atom. The van der Waals surface area contributed by atoms with Gasteiger partial charge in [-0.1, -0.05) is 32.0 Å². The Hall–Kier alpha value is -2.70. The molecule has 2 aliphatic heterocycles. The fraction of sp³-hybridized carbons (Fsp3) is 0.320. The predicted octanol–water partition coefficient (Wildman–Crippen LogP) is 4.63. The first-order valence-electron chi connectivity index (χ1n) is 10.8. The number of benzene rings is 2. The number of nitrogens with zero attached hydrogens (tertiary/aromatic N) is 2. The zero-order valence-corrected chi connectivity index (χ0v) is 19.8. The molecule has 1 fully saturated rings. The van der Waals surface area contributed by atoms with Gasteiger partial charge in [-0.05, 0) is 78.0 Å². The summed E-state index contributed by atoms with van der Waals surface area (Å²) < 4.78 is 0. The van der Waals surface area contributed by atoms with Crippen molar-refractivity contribution in [2.24, 2.45) is 0 Å². The molecule has 0 radical (unpaired) electrons. The Morgan fingerprint density at radius 3 is 2.59 bits per heavy atom. The topological polar surface area (TPSA) is 52.7 Å². The molecule has 1 saturated heterocycles. The number of nitrogens with one attached hydrogen (secondary N) is 1. The lowest BCUT2D eigenvalue weighted by molar-refractivity contribution is -0.122. The minimum atomic E-state index is -0.473. The van der Waals surface area contributed by atoms with Crippen molar-refractivity contribution in [1.29, 1.82) is 0 Å². The third kappa shape index (κ3) is 4.43. The third-order valence-corrected chi connectivity index (χ3v) is 6.44. The minimum Gasteiger partial charge on any atom is -0.371 e. The predicted molar refractivity (Wildman–Crippen MR) is 134 cm³/mol. The lowest BCUT2D eigenvalue weighted by Crippen LogP contribution is -2.54. The molecule has 7 heteroatoms. The highest BCUT2D eigenvalue weighted by Crippen LogP contribution is 2.30. The van der Waals surface area contributed by atoms with Crippen LogP contribution >= 0.6 is 23.8 Å². The molecule has 2 aliphatic rings. The number of carbonyl (C=O) groups is 2. The molecule has 0 spiro atoms. The Kier molecular flexibility index (Phi) is 6.63. The molecular weight excluding hydrogens is 442 g/mol. The van der Waals surface area contributed by atoms with Gasteiger partial charge in [0.25, 0.3) is 11.8 Å². The van der Waals surface area contributed by atoms with Gasteiger partial charge in [0.15, 0.2) is 5.11 Å². The summed E-state index contributed by atoms with van der Waals surface area (Å²) in [7, 11) is 0. The van der Waals surface area contributed by atoms with Crippen molar-refractivity contribution in [2.45, 2.75) is 32.6 Å². The van der Waals surface area contributed by atoms with E-state index in [-0.39, 0.29) is 10.7 Å². The van der Waals surface area contributed by atoms with Crippen LogP contribution in [-0.4, -0.2) is 35.9 Å². The average molecular weight is 468 g/mol. The van der Waals surface area contributed by atoms with E-state index in [4.69, 9.17) is 23.8 Å². The van der Waals surface area contributed by atoms with Gasteiger partial charge in [0.1, 0.15) is 5.57 Å². The number of fused-ring (bicyclic) bond motifs is 1. The molecular formula is C25H26ClN3O2S. The normalized spacial score (nSPS) is 17.4. The van der Waals surface area contributed by atoms with Gasteiger partial charge in [0.05, 0.1) is 5.69 Å². The number of halogens is 1. The molecule has 1 N–H and O–H groups in total. The number of hydrogen-bond acceptors (Lipinski definition) is 4. The summed E-state index contributed by atoms with van der Waals surface area (Å²) in [5.41, 5.74) is 5.12. The number of rotatable bonds is 6. The van der Waals surface area contributed by atoms with Gasteiger partial charge < -0.3 is 4.90 Å². The van der Waals surface area contributed by atoms with Crippen LogP contribution in [0.1, 0.15) is 42.9 Å². The van der Waals surface area contributed by atoms with Crippen molar-refractivity contribution in [1.82, 2.24) is 5.32 Å². The number of hydrogen-bond donors (Lipinski definition) is 1. The van der Waals surface area contributed by atoms with E-state index in [0.717, 1.165) is 31.5 Å². The second kappa shape index (κ2) is 9.43. The highest BCUT2D eigenvalue weighted by atomic mass is 35.5. The van der Waals surface area contributed by atoms with Gasteiger partial charge in [0.2, 0.25) is 0 Å². The number of carbonyl (C=O) groups excluding carboxylic acids is 2. The van der Waals surface area contributed by atoms with E-state index in [1.165, 1.54) is 21.7 Å². The first-order chi connectivity index (χ1) is 15.4. The van der Waals surface area contributed by atoms with E-state index >= 15 is 0 Å². The summed E-state index contributed by atoms with van der Waals surface area (Å²) in [5, 5.41) is 2.75. The molecule has 2 amide bonds. The minimum absolute atomic E-state index is 0.0727. The van der Waals surface area contributed by atoms with Gasteiger partial charge in [-0.25, -0.2) is 0 Å². The largest absolute Gasteiger partial charge is 0.371 e. The molecule has 0 atom stereocenters. The molecule has 0 unspecified atom stereocenters. The Balaban J connectivity index is 1.61. The molecule has 2 aromatic rings. The van der Waals surface area contributed by atoms with Crippen molar-refractivity contribution in [3.05, 3.63) is 64.7 Å². The zero-order chi connectivity index (χ0) is 22.8. The molecule has 4 rings (SSSR count). The van der Waals surface area contributed by atoms with Crippen LogP contribution in [0.25, 0.3) is 6.08 Å². The summed E-state index contributed by atoms with van der Waals surface area (Å²) in [6.45, 7) is 6.11. The fourth-order valence-electron chi connectivity index (χ4n) is 4.13. The molecule has 0 aromatic heterocycles. The molecule has 32 heavy (non-hydrogen) atoms. The van der Waals surface area contributed by atoms with Crippen LogP contribution in [0.15, 0.2) is 48.0 Å². The van der Waals surface area contributed by atoms with Gasteiger partial charge >= 0.3 is 0 Å². The van der Waals surface area contributed by atoms with E-state index in [0.29, 0.717) is 17.5 Å². The number of thiocarbonyl (C=S) groups is 1. The SMILES string of the molecule is CC(C)c1ccc(N2C(=O)/C(=C/c3ccc4c(c3)CCN4CCCCl)C(=O)NC2=S)cc1. The van der Waals surface area contributed by atoms with E-state index in [1.807, 2.05) is 30.3 Å². The molecule has 5 nitrogen and oxygen atoms in total. The number of alkyl halides is 1. The molecule has 0 saturated carbocycles.